The monoisotopic (exact) mass is 393 g/mol. The number of aromatic nitrogens is 3. The summed E-state index contributed by atoms with van der Waals surface area (Å²) in [6.45, 7) is 0.425. The summed E-state index contributed by atoms with van der Waals surface area (Å²) in [7, 11) is 1.66. The summed E-state index contributed by atoms with van der Waals surface area (Å²) in [5, 5.41) is 2.01. The van der Waals surface area contributed by atoms with E-state index in [0.717, 1.165) is 38.9 Å². The predicted octanol–water partition coefficient (Wildman–Crippen LogP) is 5.43. The number of para-hydroxylation sites is 2. The molecule has 0 fully saturated rings. The molecule has 0 aliphatic rings. The fraction of sp³-hybridized carbons (Fsp3) is 0.0800. The highest BCUT2D eigenvalue weighted by Gasteiger charge is 2.10. The van der Waals surface area contributed by atoms with Crippen LogP contribution in [0.5, 0.6) is 11.5 Å². The van der Waals surface area contributed by atoms with Crippen LogP contribution in [0.4, 0.5) is 0 Å². The van der Waals surface area contributed by atoms with E-state index in [2.05, 4.69) is 9.97 Å². The quantitative estimate of drug-likeness (QED) is 0.398. The average molecular weight is 393 g/mol. The zero-order valence-electron chi connectivity index (χ0n) is 16.4. The first-order valence-electron chi connectivity index (χ1n) is 9.68. The molecular weight excluding hydrogens is 374 g/mol. The number of pyridine rings is 1. The number of ether oxygens (including phenoxy) is 2. The van der Waals surface area contributed by atoms with Gasteiger partial charge in [0.15, 0.2) is 5.82 Å². The van der Waals surface area contributed by atoms with Crippen LogP contribution in [-0.2, 0) is 6.61 Å². The Labute approximate surface area is 174 Å². The van der Waals surface area contributed by atoms with E-state index >= 15 is 0 Å². The van der Waals surface area contributed by atoms with Crippen LogP contribution in [0.3, 0.4) is 0 Å². The van der Waals surface area contributed by atoms with Gasteiger partial charge in [0.2, 0.25) is 0 Å². The van der Waals surface area contributed by atoms with Crippen LogP contribution in [0.25, 0.3) is 33.3 Å². The minimum absolute atomic E-state index is 0.425. The maximum absolute atomic E-state index is 6.11. The Morgan fingerprint density at radius 1 is 0.800 bits per heavy atom. The van der Waals surface area contributed by atoms with Crippen molar-refractivity contribution in [1.29, 1.82) is 0 Å². The van der Waals surface area contributed by atoms with Crippen molar-refractivity contribution < 1.29 is 9.47 Å². The Kier molecular flexibility index (Phi) is 4.69. The molecule has 5 heteroatoms. The van der Waals surface area contributed by atoms with Crippen LogP contribution < -0.4 is 9.47 Å². The van der Waals surface area contributed by atoms with Gasteiger partial charge in [-0.25, -0.2) is 15.0 Å². The lowest BCUT2D eigenvalue weighted by atomic mass is 10.1. The zero-order valence-corrected chi connectivity index (χ0v) is 16.4. The molecule has 0 atom stereocenters. The van der Waals surface area contributed by atoms with E-state index in [-0.39, 0.29) is 0 Å². The van der Waals surface area contributed by atoms with Crippen LogP contribution >= 0.6 is 0 Å². The fourth-order valence-corrected chi connectivity index (χ4v) is 3.38. The molecule has 0 radical (unpaired) electrons. The van der Waals surface area contributed by atoms with Gasteiger partial charge in [-0.3, -0.25) is 0 Å². The van der Waals surface area contributed by atoms with E-state index in [4.69, 9.17) is 14.5 Å². The van der Waals surface area contributed by atoms with E-state index in [1.807, 2.05) is 85.1 Å². The molecule has 2 heterocycles. The zero-order chi connectivity index (χ0) is 20.3. The van der Waals surface area contributed by atoms with Crippen LogP contribution in [0.1, 0.15) is 5.56 Å². The summed E-state index contributed by atoms with van der Waals surface area (Å²) >= 11 is 0. The fourth-order valence-electron chi connectivity index (χ4n) is 3.38. The summed E-state index contributed by atoms with van der Waals surface area (Å²) in [5.74, 6) is 2.12. The molecule has 30 heavy (non-hydrogen) atoms. The van der Waals surface area contributed by atoms with E-state index in [0.29, 0.717) is 18.1 Å². The number of benzene rings is 3. The largest absolute Gasteiger partial charge is 0.497 e. The van der Waals surface area contributed by atoms with Crippen molar-refractivity contribution in [2.24, 2.45) is 0 Å². The second-order valence-electron chi connectivity index (χ2n) is 6.92. The molecule has 0 bridgehead atoms. The SMILES string of the molecule is COc1cccc(COc2cccc3ccc(-c4ncc5ccccc5n4)nc23)c1. The van der Waals surface area contributed by atoms with Gasteiger partial charge in [-0.05, 0) is 35.9 Å². The third-order valence-corrected chi connectivity index (χ3v) is 4.93. The second kappa shape index (κ2) is 7.79. The van der Waals surface area contributed by atoms with Gasteiger partial charge in [-0.1, -0.05) is 48.5 Å². The first kappa shape index (κ1) is 18.1. The molecule has 0 amide bonds. The average Bonchev–Trinajstić information content (AvgIpc) is 2.82. The van der Waals surface area contributed by atoms with Crippen LogP contribution in [0.2, 0.25) is 0 Å². The summed E-state index contributed by atoms with van der Waals surface area (Å²) in [5.41, 5.74) is 3.42. The Balaban J connectivity index is 1.50. The first-order chi connectivity index (χ1) is 14.8. The molecule has 0 unspecified atom stereocenters. The molecular formula is C25H19N3O2. The van der Waals surface area contributed by atoms with Crippen molar-refractivity contribution in [2.75, 3.05) is 7.11 Å². The van der Waals surface area contributed by atoms with E-state index in [9.17, 15) is 0 Å². The van der Waals surface area contributed by atoms with Crippen LogP contribution in [0, 0.1) is 0 Å². The Hall–Kier alpha value is -3.99. The number of nitrogens with zero attached hydrogens (tertiary/aromatic N) is 3. The lowest BCUT2D eigenvalue weighted by molar-refractivity contribution is 0.308. The van der Waals surface area contributed by atoms with Gasteiger partial charge in [0.25, 0.3) is 0 Å². The summed E-state index contributed by atoms with van der Waals surface area (Å²) < 4.78 is 11.4. The van der Waals surface area contributed by atoms with Gasteiger partial charge in [-0.2, -0.15) is 0 Å². The highest BCUT2D eigenvalue weighted by atomic mass is 16.5. The number of hydrogen-bond donors (Lipinski definition) is 0. The molecule has 0 saturated heterocycles. The number of fused-ring (bicyclic) bond motifs is 2. The maximum Gasteiger partial charge on any atom is 0.178 e. The highest BCUT2D eigenvalue weighted by molar-refractivity contribution is 5.86. The Bertz CT molecular complexity index is 1350. The lowest BCUT2D eigenvalue weighted by Gasteiger charge is -2.11. The van der Waals surface area contributed by atoms with Gasteiger partial charge in [0, 0.05) is 17.0 Å². The van der Waals surface area contributed by atoms with E-state index < -0.39 is 0 Å². The molecule has 5 aromatic rings. The number of hydrogen-bond acceptors (Lipinski definition) is 5. The number of rotatable bonds is 5. The molecule has 0 aliphatic heterocycles. The highest BCUT2D eigenvalue weighted by Crippen LogP contribution is 2.28. The van der Waals surface area contributed by atoms with Crippen molar-refractivity contribution in [3.05, 3.63) is 90.6 Å². The normalized spacial score (nSPS) is 11.0. The van der Waals surface area contributed by atoms with Crippen molar-refractivity contribution in [2.45, 2.75) is 6.61 Å². The maximum atomic E-state index is 6.11. The number of methoxy groups -OCH3 is 1. The standard InChI is InChI=1S/C25H19N3O2/c1-29-20-9-4-6-17(14-20)16-30-23-11-5-8-18-12-13-22(27-24(18)23)25-26-15-19-7-2-3-10-21(19)28-25/h2-15H,16H2,1H3. The molecule has 146 valence electrons. The van der Waals surface area contributed by atoms with Gasteiger partial charge in [0.05, 0.1) is 12.6 Å². The molecule has 3 aromatic carbocycles. The molecule has 5 rings (SSSR count). The molecule has 5 nitrogen and oxygen atoms in total. The van der Waals surface area contributed by atoms with Gasteiger partial charge < -0.3 is 9.47 Å². The third-order valence-electron chi connectivity index (χ3n) is 4.93. The van der Waals surface area contributed by atoms with Crippen molar-refractivity contribution in [3.63, 3.8) is 0 Å². The molecule has 0 saturated carbocycles. The smallest absolute Gasteiger partial charge is 0.178 e. The molecule has 0 spiro atoms. The van der Waals surface area contributed by atoms with Crippen LogP contribution in [-0.4, -0.2) is 22.1 Å². The van der Waals surface area contributed by atoms with Gasteiger partial charge >= 0.3 is 0 Å². The Morgan fingerprint density at radius 3 is 2.60 bits per heavy atom. The van der Waals surface area contributed by atoms with Crippen molar-refractivity contribution >= 4 is 21.8 Å². The van der Waals surface area contributed by atoms with Crippen LogP contribution in [0.15, 0.2) is 85.1 Å². The Morgan fingerprint density at radius 2 is 1.67 bits per heavy atom. The molecule has 0 N–H and O–H groups in total. The summed E-state index contributed by atoms with van der Waals surface area (Å²) in [6.07, 6.45) is 1.83. The minimum Gasteiger partial charge on any atom is -0.497 e. The van der Waals surface area contributed by atoms with Crippen molar-refractivity contribution in [1.82, 2.24) is 15.0 Å². The minimum atomic E-state index is 0.425. The predicted molar refractivity (Wildman–Crippen MR) is 118 cm³/mol. The van der Waals surface area contributed by atoms with E-state index in [1.54, 1.807) is 7.11 Å². The van der Waals surface area contributed by atoms with E-state index in [1.165, 1.54) is 0 Å². The third kappa shape index (κ3) is 3.53. The summed E-state index contributed by atoms with van der Waals surface area (Å²) in [6, 6.07) is 25.6. The lowest BCUT2D eigenvalue weighted by Crippen LogP contribution is -1.98. The van der Waals surface area contributed by atoms with Gasteiger partial charge in [0.1, 0.15) is 29.3 Å². The van der Waals surface area contributed by atoms with Crippen molar-refractivity contribution in [3.8, 4) is 23.0 Å². The topological polar surface area (TPSA) is 57.1 Å². The first-order valence-corrected chi connectivity index (χ1v) is 9.68. The summed E-state index contributed by atoms with van der Waals surface area (Å²) in [4.78, 5) is 14.0. The van der Waals surface area contributed by atoms with Gasteiger partial charge in [-0.15, -0.1) is 0 Å². The molecule has 2 aromatic heterocycles. The second-order valence-corrected chi connectivity index (χ2v) is 6.92. The molecule has 0 aliphatic carbocycles.